The highest BCUT2D eigenvalue weighted by Gasteiger charge is 2.25. The van der Waals surface area contributed by atoms with Crippen LogP contribution in [0.4, 0.5) is 5.69 Å². The highest BCUT2D eigenvalue weighted by molar-refractivity contribution is 7.89. The molecule has 0 radical (unpaired) electrons. The number of halogens is 1. The number of nitrogens with one attached hydrogen (secondary N) is 1. The molecule has 1 aromatic rings. The van der Waals surface area contributed by atoms with Crippen LogP contribution in [-0.2, 0) is 10.0 Å². The average Bonchev–Trinajstić information content (AvgIpc) is 2.37. The monoisotopic (exact) mass is 322 g/mol. The van der Waals surface area contributed by atoms with E-state index in [-0.39, 0.29) is 28.8 Å². The van der Waals surface area contributed by atoms with E-state index in [1.54, 1.807) is 13.8 Å². The van der Waals surface area contributed by atoms with E-state index < -0.39 is 20.4 Å². The van der Waals surface area contributed by atoms with Crippen LogP contribution in [0.5, 0.6) is 0 Å². The first-order valence-electron chi connectivity index (χ1n) is 5.63. The van der Waals surface area contributed by atoms with Gasteiger partial charge in [0, 0.05) is 30.7 Å². The normalized spacial score (nSPS) is 12.4. The van der Waals surface area contributed by atoms with E-state index in [9.17, 15) is 18.5 Å². The van der Waals surface area contributed by atoms with Crippen molar-refractivity contribution in [2.45, 2.75) is 18.7 Å². The zero-order valence-electron chi connectivity index (χ0n) is 11.0. The summed E-state index contributed by atoms with van der Waals surface area (Å²) in [5.74, 6) is 0. The first kappa shape index (κ1) is 16.8. The molecule has 0 aliphatic carbocycles. The molecule has 0 bridgehead atoms. The Kier molecular flexibility index (Phi) is 5.09. The lowest BCUT2D eigenvalue weighted by Crippen LogP contribution is -2.36. The van der Waals surface area contributed by atoms with Gasteiger partial charge in [-0.15, -0.1) is 0 Å². The lowest BCUT2D eigenvalue weighted by molar-refractivity contribution is -0.385. The highest BCUT2D eigenvalue weighted by Crippen LogP contribution is 2.26. The predicted octanol–water partition coefficient (Wildman–Crippen LogP) is 1.55. The van der Waals surface area contributed by atoms with Gasteiger partial charge >= 0.3 is 0 Å². The van der Waals surface area contributed by atoms with Crippen LogP contribution < -0.4 is 4.72 Å². The second kappa shape index (κ2) is 6.04. The molecule has 9 heteroatoms. The van der Waals surface area contributed by atoms with Crippen molar-refractivity contribution in [1.82, 2.24) is 4.72 Å². The topological polar surface area (TPSA) is 110 Å². The van der Waals surface area contributed by atoms with Crippen molar-refractivity contribution in [3.8, 4) is 0 Å². The average molecular weight is 323 g/mol. The third kappa shape index (κ3) is 4.14. The molecule has 20 heavy (non-hydrogen) atoms. The number of nitro groups is 1. The first-order chi connectivity index (χ1) is 9.09. The molecule has 0 saturated heterocycles. The number of sulfonamides is 1. The quantitative estimate of drug-likeness (QED) is 0.610. The number of hydrogen-bond donors (Lipinski definition) is 2. The van der Waals surface area contributed by atoms with Crippen molar-refractivity contribution in [1.29, 1.82) is 0 Å². The Balaban J connectivity index is 3.09. The molecule has 0 heterocycles. The SMILES string of the molecule is CC(C)(CO)CNS(=O)(=O)c1cc([N+](=O)[O-])ccc1Cl. The molecular formula is C11H15ClN2O5S. The van der Waals surface area contributed by atoms with Crippen LogP contribution in [0.1, 0.15) is 13.8 Å². The summed E-state index contributed by atoms with van der Waals surface area (Å²) in [4.78, 5) is 9.61. The lowest BCUT2D eigenvalue weighted by atomic mass is 9.96. The van der Waals surface area contributed by atoms with E-state index in [4.69, 9.17) is 16.7 Å². The summed E-state index contributed by atoms with van der Waals surface area (Å²) in [5.41, 5.74) is -1.02. The van der Waals surface area contributed by atoms with Gasteiger partial charge in [-0.2, -0.15) is 0 Å². The highest BCUT2D eigenvalue weighted by atomic mass is 35.5. The smallest absolute Gasteiger partial charge is 0.270 e. The van der Waals surface area contributed by atoms with Gasteiger partial charge < -0.3 is 5.11 Å². The van der Waals surface area contributed by atoms with Crippen molar-refractivity contribution in [2.75, 3.05) is 13.2 Å². The molecule has 7 nitrogen and oxygen atoms in total. The molecule has 0 amide bonds. The Hall–Kier alpha value is -1.22. The molecule has 0 spiro atoms. The third-order valence-corrected chi connectivity index (χ3v) is 4.47. The van der Waals surface area contributed by atoms with Gasteiger partial charge in [0.1, 0.15) is 4.90 Å². The summed E-state index contributed by atoms with van der Waals surface area (Å²) >= 11 is 5.78. The molecule has 0 unspecified atom stereocenters. The maximum absolute atomic E-state index is 12.1. The number of nitrogens with zero attached hydrogens (tertiary/aromatic N) is 1. The Morgan fingerprint density at radius 2 is 2.05 bits per heavy atom. The second-order valence-electron chi connectivity index (χ2n) is 5.02. The van der Waals surface area contributed by atoms with Gasteiger partial charge in [-0.1, -0.05) is 25.4 Å². The van der Waals surface area contributed by atoms with Crippen LogP contribution in [0.15, 0.2) is 23.1 Å². The van der Waals surface area contributed by atoms with Crippen molar-refractivity contribution in [3.05, 3.63) is 33.3 Å². The molecular weight excluding hydrogens is 308 g/mol. The summed E-state index contributed by atoms with van der Waals surface area (Å²) < 4.78 is 26.5. The van der Waals surface area contributed by atoms with E-state index >= 15 is 0 Å². The minimum atomic E-state index is -3.99. The lowest BCUT2D eigenvalue weighted by Gasteiger charge is -2.21. The van der Waals surface area contributed by atoms with Gasteiger partial charge in [0.2, 0.25) is 10.0 Å². The zero-order valence-corrected chi connectivity index (χ0v) is 12.5. The summed E-state index contributed by atoms with van der Waals surface area (Å²) in [7, 11) is -3.99. The largest absolute Gasteiger partial charge is 0.396 e. The molecule has 0 aliphatic heterocycles. The minimum Gasteiger partial charge on any atom is -0.396 e. The number of hydrogen-bond acceptors (Lipinski definition) is 5. The Bertz CT molecular complexity index is 615. The fourth-order valence-corrected chi connectivity index (χ4v) is 2.99. The van der Waals surface area contributed by atoms with Crippen LogP contribution in [0.25, 0.3) is 0 Å². The van der Waals surface area contributed by atoms with Crippen molar-refractivity contribution < 1.29 is 18.4 Å². The zero-order chi connectivity index (χ0) is 15.6. The number of benzene rings is 1. The van der Waals surface area contributed by atoms with E-state index in [0.717, 1.165) is 18.2 Å². The fraction of sp³-hybridized carbons (Fsp3) is 0.455. The van der Waals surface area contributed by atoms with Gasteiger partial charge in [-0.05, 0) is 6.07 Å². The Morgan fingerprint density at radius 1 is 1.45 bits per heavy atom. The number of aliphatic hydroxyl groups excluding tert-OH is 1. The number of nitro benzene ring substituents is 1. The van der Waals surface area contributed by atoms with E-state index in [0.29, 0.717) is 0 Å². The van der Waals surface area contributed by atoms with Gasteiger partial charge in [0.15, 0.2) is 0 Å². The van der Waals surface area contributed by atoms with E-state index in [1.807, 2.05) is 0 Å². The second-order valence-corrected chi connectivity index (χ2v) is 7.16. The third-order valence-electron chi connectivity index (χ3n) is 2.58. The van der Waals surface area contributed by atoms with Crippen molar-refractivity contribution in [2.24, 2.45) is 5.41 Å². The van der Waals surface area contributed by atoms with Crippen LogP contribution >= 0.6 is 11.6 Å². The summed E-state index contributed by atoms with van der Waals surface area (Å²) in [6.45, 7) is 3.11. The molecule has 0 fully saturated rings. The van der Waals surface area contributed by atoms with Crippen LogP contribution in [0, 0.1) is 15.5 Å². The van der Waals surface area contributed by atoms with Crippen molar-refractivity contribution in [3.63, 3.8) is 0 Å². The van der Waals surface area contributed by atoms with Gasteiger partial charge in [0.05, 0.1) is 9.95 Å². The molecule has 0 aromatic heterocycles. The van der Waals surface area contributed by atoms with Crippen molar-refractivity contribution >= 4 is 27.3 Å². The van der Waals surface area contributed by atoms with Crippen LogP contribution in [0.2, 0.25) is 5.02 Å². The van der Waals surface area contributed by atoms with Gasteiger partial charge in [-0.25, -0.2) is 13.1 Å². The van der Waals surface area contributed by atoms with Gasteiger partial charge in [0.25, 0.3) is 5.69 Å². The molecule has 112 valence electrons. The number of rotatable bonds is 6. The molecule has 1 rings (SSSR count). The van der Waals surface area contributed by atoms with Crippen LogP contribution in [-0.4, -0.2) is 31.6 Å². The first-order valence-corrected chi connectivity index (χ1v) is 7.50. The fourth-order valence-electron chi connectivity index (χ4n) is 1.24. The van der Waals surface area contributed by atoms with Gasteiger partial charge in [-0.3, -0.25) is 10.1 Å². The standard InChI is InChI=1S/C11H15ClN2O5S/c1-11(2,7-15)6-13-20(18,19)10-5-8(14(16)17)3-4-9(10)12/h3-5,13,15H,6-7H2,1-2H3. The summed E-state index contributed by atoms with van der Waals surface area (Å²) in [6, 6.07) is 3.18. The predicted molar refractivity (Wildman–Crippen MR) is 74.2 cm³/mol. The maximum Gasteiger partial charge on any atom is 0.270 e. The Labute approximate surface area is 121 Å². The van der Waals surface area contributed by atoms with Crippen LogP contribution in [0.3, 0.4) is 0 Å². The summed E-state index contributed by atoms with van der Waals surface area (Å²) in [6.07, 6.45) is 0. The number of non-ortho nitro benzene ring substituents is 1. The molecule has 0 atom stereocenters. The molecule has 2 N–H and O–H groups in total. The minimum absolute atomic E-state index is 0.0230. The van der Waals surface area contributed by atoms with E-state index in [1.165, 1.54) is 0 Å². The molecule has 0 saturated carbocycles. The molecule has 1 aromatic carbocycles. The molecule has 0 aliphatic rings. The number of aliphatic hydroxyl groups is 1. The maximum atomic E-state index is 12.1. The van der Waals surface area contributed by atoms with E-state index in [2.05, 4.69) is 4.72 Å². The summed E-state index contributed by atoms with van der Waals surface area (Å²) in [5, 5.41) is 19.6. The Morgan fingerprint density at radius 3 is 2.55 bits per heavy atom.